The Morgan fingerprint density at radius 3 is 1.91 bits per heavy atom. The monoisotopic (exact) mass is 468 g/mol. The Kier molecular flexibility index (Phi) is 9.26. The first-order valence-electron chi connectivity index (χ1n) is 10.6. The highest BCUT2D eigenvalue weighted by Crippen LogP contribution is 2.34. The first-order chi connectivity index (χ1) is 16.2. The Morgan fingerprint density at radius 1 is 0.941 bits per heavy atom. The Hall–Kier alpha value is -4.26. The molecular weight excluding hydrogens is 444 g/mol. The quantitative estimate of drug-likeness (QED) is 0.146. The molecule has 0 bridgehead atoms. The standard InChI is InChI=1S/C24H24N2O8/c1-4-6-7-8-9-18(5-2)34-24(28)20-13-11-17(26(31)32)15-22(20)21-14-16(25(29)30)10-12-19(21)23(27)33-3/h2,10-15,18H,4,6-9H2,1,3H3/t18-/m1/s1. The van der Waals surface area contributed by atoms with Gasteiger partial charge in [0.25, 0.3) is 11.4 Å². The minimum atomic E-state index is -0.870. The van der Waals surface area contributed by atoms with E-state index in [1.54, 1.807) is 0 Å². The Morgan fingerprint density at radius 2 is 1.47 bits per heavy atom. The first kappa shape index (κ1) is 26.0. The van der Waals surface area contributed by atoms with Gasteiger partial charge in [-0.15, -0.1) is 6.42 Å². The van der Waals surface area contributed by atoms with E-state index in [-0.39, 0.29) is 33.6 Å². The second kappa shape index (κ2) is 12.1. The molecule has 0 saturated carbocycles. The maximum atomic E-state index is 13.0. The molecule has 0 spiro atoms. The maximum absolute atomic E-state index is 13.0. The van der Waals surface area contributed by atoms with Crippen LogP contribution >= 0.6 is 0 Å². The van der Waals surface area contributed by atoms with Gasteiger partial charge in [0, 0.05) is 35.4 Å². The molecular formula is C24H24N2O8. The second-order valence-electron chi connectivity index (χ2n) is 7.38. The van der Waals surface area contributed by atoms with E-state index in [0.29, 0.717) is 6.42 Å². The van der Waals surface area contributed by atoms with Gasteiger partial charge in [-0.1, -0.05) is 32.1 Å². The van der Waals surface area contributed by atoms with Crippen LogP contribution in [0.4, 0.5) is 11.4 Å². The van der Waals surface area contributed by atoms with E-state index in [1.807, 2.05) is 0 Å². The molecule has 10 heteroatoms. The number of unbranched alkanes of at least 4 members (excludes halogenated alkanes) is 3. The zero-order chi connectivity index (χ0) is 25.3. The number of hydrogen-bond acceptors (Lipinski definition) is 8. The molecule has 0 saturated heterocycles. The molecule has 0 aliphatic rings. The van der Waals surface area contributed by atoms with E-state index in [1.165, 1.54) is 6.07 Å². The number of benzene rings is 2. The van der Waals surface area contributed by atoms with E-state index in [9.17, 15) is 29.8 Å². The molecule has 10 nitrogen and oxygen atoms in total. The number of hydrogen-bond donors (Lipinski definition) is 0. The summed E-state index contributed by atoms with van der Waals surface area (Å²) in [5.74, 6) is 0.707. The van der Waals surface area contributed by atoms with Crippen molar-refractivity contribution in [2.24, 2.45) is 0 Å². The third-order valence-electron chi connectivity index (χ3n) is 5.10. The summed E-state index contributed by atoms with van der Waals surface area (Å²) in [6, 6.07) is 6.61. The SMILES string of the molecule is C#C[C@H](CCCCCC)OC(=O)c1ccc([N+](=O)[O-])cc1-c1cc([N+](=O)[O-])ccc1C(=O)OC. The molecule has 2 aromatic carbocycles. The normalized spacial score (nSPS) is 11.2. The Balaban J connectivity index is 2.58. The number of methoxy groups -OCH3 is 1. The van der Waals surface area contributed by atoms with E-state index in [0.717, 1.165) is 63.1 Å². The highest BCUT2D eigenvalue weighted by molar-refractivity contribution is 6.04. The Bertz CT molecular complexity index is 1140. The molecule has 0 radical (unpaired) electrons. The van der Waals surface area contributed by atoms with Gasteiger partial charge in [-0.3, -0.25) is 20.2 Å². The predicted molar refractivity (Wildman–Crippen MR) is 123 cm³/mol. The third kappa shape index (κ3) is 6.38. The molecule has 0 unspecified atom stereocenters. The number of terminal acetylenes is 1. The summed E-state index contributed by atoms with van der Waals surface area (Å²) >= 11 is 0. The number of carbonyl (C=O) groups is 2. The molecule has 34 heavy (non-hydrogen) atoms. The van der Waals surface area contributed by atoms with Crippen molar-refractivity contribution in [1.29, 1.82) is 0 Å². The average molecular weight is 468 g/mol. The lowest BCUT2D eigenvalue weighted by Crippen LogP contribution is -2.18. The zero-order valence-corrected chi connectivity index (χ0v) is 18.8. The van der Waals surface area contributed by atoms with Gasteiger partial charge in [-0.05, 0) is 25.0 Å². The van der Waals surface area contributed by atoms with E-state index < -0.39 is 27.9 Å². The Labute approximate surface area is 196 Å². The van der Waals surface area contributed by atoms with E-state index in [4.69, 9.17) is 15.9 Å². The number of nitro benzene ring substituents is 2. The third-order valence-corrected chi connectivity index (χ3v) is 5.10. The lowest BCUT2D eigenvalue weighted by molar-refractivity contribution is -0.385. The molecule has 1 atom stereocenters. The fourth-order valence-corrected chi connectivity index (χ4v) is 3.33. The van der Waals surface area contributed by atoms with Crippen LogP contribution in [0.5, 0.6) is 0 Å². The highest BCUT2D eigenvalue weighted by atomic mass is 16.6. The predicted octanol–water partition coefficient (Wildman–Crippen LogP) is 5.09. The molecule has 178 valence electrons. The number of non-ortho nitro benzene ring substituents is 2. The van der Waals surface area contributed by atoms with Crippen LogP contribution in [0.3, 0.4) is 0 Å². The summed E-state index contributed by atoms with van der Waals surface area (Å²) in [5, 5.41) is 22.7. The number of rotatable bonds is 11. The molecule has 2 aromatic rings. The van der Waals surface area contributed by atoms with Crippen molar-refractivity contribution in [1.82, 2.24) is 0 Å². The largest absolute Gasteiger partial charge is 0.465 e. The van der Waals surface area contributed by atoms with Crippen molar-refractivity contribution >= 4 is 23.3 Å². The van der Waals surface area contributed by atoms with Gasteiger partial charge in [-0.2, -0.15) is 0 Å². The lowest BCUT2D eigenvalue weighted by atomic mass is 9.94. The molecule has 0 fully saturated rings. The molecule has 0 aliphatic heterocycles. The summed E-state index contributed by atoms with van der Waals surface area (Å²) in [6.45, 7) is 2.06. The van der Waals surface area contributed by atoms with Crippen LogP contribution in [0, 0.1) is 32.6 Å². The second-order valence-corrected chi connectivity index (χ2v) is 7.38. The van der Waals surface area contributed by atoms with Crippen LogP contribution in [0.25, 0.3) is 11.1 Å². The molecule has 0 amide bonds. The summed E-state index contributed by atoms with van der Waals surface area (Å²) in [4.78, 5) is 46.6. The first-order valence-corrected chi connectivity index (χ1v) is 10.6. The van der Waals surface area contributed by atoms with Gasteiger partial charge in [0.1, 0.15) is 0 Å². The van der Waals surface area contributed by atoms with Crippen LogP contribution in [0.1, 0.15) is 59.7 Å². The van der Waals surface area contributed by atoms with Crippen LogP contribution in [-0.4, -0.2) is 35.0 Å². The van der Waals surface area contributed by atoms with Crippen molar-refractivity contribution in [2.75, 3.05) is 7.11 Å². The molecule has 0 aliphatic carbocycles. The van der Waals surface area contributed by atoms with E-state index in [2.05, 4.69) is 12.8 Å². The zero-order valence-electron chi connectivity index (χ0n) is 18.8. The van der Waals surface area contributed by atoms with Crippen LogP contribution in [-0.2, 0) is 9.47 Å². The van der Waals surface area contributed by atoms with Crippen molar-refractivity contribution in [3.05, 3.63) is 67.8 Å². The van der Waals surface area contributed by atoms with Crippen LogP contribution < -0.4 is 0 Å². The van der Waals surface area contributed by atoms with Crippen LogP contribution in [0.2, 0.25) is 0 Å². The number of nitrogens with zero attached hydrogens (tertiary/aromatic N) is 2. The highest BCUT2D eigenvalue weighted by Gasteiger charge is 2.26. The van der Waals surface area contributed by atoms with Gasteiger partial charge < -0.3 is 9.47 Å². The number of esters is 2. The van der Waals surface area contributed by atoms with Gasteiger partial charge in [-0.25, -0.2) is 9.59 Å². The minimum Gasteiger partial charge on any atom is -0.465 e. The van der Waals surface area contributed by atoms with E-state index >= 15 is 0 Å². The van der Waals surface area contributed by atoms with Crippen molar-refractivity contribution in [2.45, 2.75) is 45.1 Å². The molecule has 0 N–H and O–H groups in total. The fraction of sp³-hybridized carbons (Fsp3) is 0.333. The fourth-order valence-electron chi connectivity index (χ4n) is 3.33. The van der Waals surface area contributed by atoms with Gasteiger partial charge in [0.15, 0.2) is 6.10 Å². The summed E-state index contributed by atoms with van der Waals surface area (Å²) < 4.78 is 10.2. The molecule has 0 heterocycles. The van der Waals surface area contributed by atoms with Crippen LogP contribution in [0.15, 0.2) is 36.4 Å². The van der Waals surface area contributed by atoms with Crippen molar-refractivity contribution < 1.29 is 28.9 Å². The summed E-state index contributed by atoms with van der Waals surface area (Å²) in [7, 11) is 1.12. The number of ether oxygens (including phenoxy) is 2. The smallest absolute Gasteiger partial charge is 0.340 e. The molecule has 2 rings (SSSR count). The molecule has 0 aromatic heterocycles. The lowest BCUT2D eigenvalue weighted by Gasteiger charge is -2.16. The van der Waals surface area contributed by atoms with Gasteiger partial charge in [0.2, 0.25) is 0 Å². The van der Waals surface area contributed by atoms with Crippen molar-refractivity contribution in [3.8, 4) is 23.5 Å². The van der Waals surface area contributed by atoms with Gasteiger partial charge >= 0.3 is 11.9 Å². The summed E-state index contributed by atoms with van der Waals surface area (Å²) in [5.41, 5.74) is -1.20. The average Bonchev–Trinajstić information content (AvgIpc) is 2.84. The minimum absolute atomic E-state index is 0.0862. The number of carbonyl (C=O) groups excluding carboxylic acids is 2. The summed E-state index contributed by atoms with van der Waals surface area (Å²) in [6.07, 6.45) is 8.84. The maximum Gasteiger partial charge on any atom is 0.340 e. The van der Waals surface area contributed by atoms with Gasteiger partial charge in [0.05, 0.1) is 28.1 Å². The van der Waals surface area contributed by atoms with Crippen molar-refractivity contribution in [3.63, 3.8) is 0 Å². The topological polar surface area (TPSA) is 139 Å². The number of nitro groups is 2.